The molecule has 1 N–H and O–H groups in total. The summed E-state index contributed by atoms with van der Waals surface area (Å²) in [5.41, 5.74) is 0.367. The van der Waals surface area contributed by atoms with Crippen LogP contribution in [0.2, 0.25) is 0 Å². The molecule has 1 atom stereocenters. The molecule has 25 heavy (non-hydrogen) atoms. The van der Waals surface area contributed by atoms with Crippen LogP contribution in [0.5, 0.6) is 11.5 Å². The number of anilines is 1. The average molecular weight is 343 g/mol. The molecule has 0 fully saturated rings. The van der Waals surface area contributed by atoms with E-state index >= 15 is 0 Å². The zero-order valence-corrected chi connectivity index (χ0v) is 13.3. The molecule has 0 saturated carbocycles. The maximum atomic E-state index is 13.2. The highest BCUT2D eigenvalue weighted by molar-refractivity contribution is 5.93. The molecule has 1 amide bonds. The van der Waals surface area contributed by atoms with E-state index in [1.54, 1.807) is 19.2 Å². The third kappa shape index (κ3) is 4.20. The van der Waals surface area contributed by atoms with Crippen LogP contribution in [0.15, 0.2) is 60.9 Å². The minimum Gasteiger partial charge on any atom is -0.454 e. The van der Waals surface area contributed by atoms with Crippen molar-refractivity contribution in [3.05, 3.63) is 72.6 Å². The second-order valence-electron chi connectivity index (χ2n) is 5.39. The van der Waals surface area contributed by atoms with Crippen molar-refractivity contribution in [2.45, 2.75) is 13.0 Å². The molecule has 0 bridgehead atoms. The Morgan fingerprint density at radius 2 is 1.88 bits per heavy atom. The predicted octanol–water partition coefficient (Wildman–Crippen LogP) is 4.15. The number of carbonyl (C=O) groups excluding carboxylic acids is 1. The first-order valence-electron chi connectivity index (χ1n) is 7.55. The molecule has 0 aliphatic rings. The van der Waals surface area contributed by atoms with Gasteiger partial charge in [-0.3, -0.25) is 9.48 Å². The van der Waals surface area contributed by atoms with Crippen molar-refractivity contribution in [2.75, 3.05) is 5.32 Å². The number of hydrogen-bond acceptors (Lipinski definition) is 3. The van der Waals surface area contributed by atoms with E-state index in [4.69, 9.17) is 4.74 Å². The highest BCUT2D eigenvalue weighted by atomic mass is 19.1. The summed E-state index contributed by atoms with van der Waals surface area (Å²) in [7, 11) is 0. The largest absolute Gasteiger partial charge is 0.454 e. The Balaban J connectivity index is 1.66. The van der Waals surface area contributed by atoms with Gasteiger partial charge in [-0.15, -0.1) is 0 Å². The van der Waals surface area contributed by atoms with Crippen LogP contribution in [0.1, 0.15) is 13.0 Å². The van der Waals surface area contributed by atoms with Crippen LogP contribution in [0, 0.1) is 11.6 Å². The molecule has 0 saturated heterocycles. The van der Waals surface area contributed by atoms with Crippen molar-refractivity contribution in [3.8, 4) is 11.5 Å². The summed E-state index contributed by atoms with van der Waals surface area (Å²) >= 11 is 0. The van der Waals surface area contributed by atoms with Crippen molar-refractivity contribution in [1.29, 1.82) is 0 Å². The average Bonchev–Trinajstić information content (AvgIpc) is 3.05. The fourth-order valence-corrected chi connectivity index (χ4v) is 2.16. The number of aromatic nitrogens is 2. The Kier molecular flexibility index (Phi) is 4.74. The van der Waals surface area contributed by atoms with Gasteiger partial charge in [0.25, 0.3) is 0 Å². The first kappa shape index (κ1) is 16.6. The lowest BCUT2D eigenvalue weighted by Gasteiger charge is -2.12. The van der Waals surface area contributed by atoms with Gasteiger partial charge in [0.15, 0.2) is 5.75 Å². The van der Waals surface area contributed by atoms with Crippen LogP contribution >= 0.6 is 0 Å². The Bertz CT molecular complexity index is 878. The van der Waals surface area contributed by atoms with Crippen molar-refractivity contribution < 1.29 is 18.3 Å². The standard InChI is InChI=1S/C18H15F2N3O2/c1-12(18(24)22-15-4-2-3-14(20)9-15)23-11-17(10-21-23)25-16-7-5-13(19)6-8-16/h2-12H,1H3,(H,22,24). The quantitative estimate of drug-likeness (QED) is 0.757. The number of benzene rings is 2. The Morgan fingerprint density at radius 1 is 1.12 bits per heavy atom. The molecule has 1 aromatic heterocycles. The molecule has 128 valence electrons. The molecular weight excluding hydrogens is 328 g/mol. The summed E-state index contributed by atoms with van der Waals surface area (Å²) in [4.78, 5) is 12.3. The van der Waals surface area contributed by atoms with Gasteiger partial charge in [0.2, 0.25) is 5.91 Å². The molecule has 0 spiro atoms. The van der Waals surface area contributed by atoms with Gasteiger partial charge >= 0.3 is 0 Å². The van der Waals surface area contributed by atoms with Gasteiger partial charge in [-0.05, 0) is 49.4 Å². The normalized spacial score (nSPS) is 11.8. The van der Waals surface area contributed by atoms with E-state index in [9.17, 15) is 13.6 Å². The SMILES string of the molecule is CC(C(=O)Nc1cccc(F)c1)n1cc(Oc2ccc(F)cc2)cn1. The second kappa shape index (κ2) is 7.12. The van der Waals surface area contributed by atoms with E-state index in [2.05, 4.69) is 10.4 Å². The molecule has 1 unspecified atom stereocenters. The van der Waals surface area contributed by atoms with Crippen LogP contribution in [0.25, 0.3) is 0 Å². The van der Waals surface area contributed by atoms with Gasteiger partial charge in [-0.2, -0.15) is 5.10 Å². The van der Waals surface area contributed by atoms with Crippen molar-refractivity contribution in [3.63, 3.8) is 0 Å². The van der Waals surface area contributed by atoms with Crippen molar-refractivity contribution >= 4 is 11.6 Å². The van der Waals surface area contributed by atoms with Crippen molar-refractivity contribution in [2.24, 2.45) is 0 Å². The van der Waals surface area contributed by atoms with Crippen LogP contribution in [0.4, 0.5) is 14.5 Å². The summed E-state index contributed by atoms with van der Waals surface area (Å²) in [5.74, 6) is -0.262. The zero-order chi connectivity index (χ0) is 17.8. The van der Waals surface area contributed by atoms with E-state index in [1.807, 2.05) is 0 Å². The van der Waals surface area contributed by atoms with Gasteiger partial charge < -0.3 is 10.1 Å². The number of ether oxygens (including phenoxy) is 1. The summed E-state index contributed by atoms with van der Waals surface area (Å²) in [5, 5.41) is 6.72. The van der Waals surface area contributed by atoms with E-state index in [1.165, 1.54) is 53.3 Å². The number of nitrogens with zero attached hydrogens (tertiary/aromatic N) is 2. The third-order valence-corrected chi connectivity index (χ3v) is 3.50. The van der Waals surface area contributed by atoms with Gasteiger partial charge in [0, 0.05) is 5.69 Å². The monoisotopic (exact) mass is 343 g/mol. The lowest BCUT2D eigenvalue weighted by Crippen LogP contribution is -2.24. The van der Waals surface area contributed by atoms with Crippen LogP contribution in [0.3, 0.4) is 0 Å². The molecule has 0 radical (unpaired) electrons. The van der Waals surface area contributed by atoms with E-state index in [0.29, 0.717) is 17.2 Å². The first-order valence-corrected chi connectivity index (χ1v) is 7.55. The molecule has 7 heteroatoms. The fourth-order valence-electron chi connectivity index (χ4n) is 2.16. The third-order valence-electron chi connectivity index (χ3n) is 3.50. The highest BCUT2D eigenvalue weighted by Crippen LogP contribution is 2.22. The van der Waals surface area contributed by atoms with Crippen LogP contribution in [-0.4, -0.2) is 15.7 Å². The number of rotatable bonds is 5. The molecule has 3 rings (SSSR count). The molecular formula is C18H15F2N3O2. The molecule has 1 heterocycles. The van der Waals surface area contributed by atoms with Gasteiger partial charge in [0.05, 0.1) is 12.4 Å². The molecule has 0 aliphatic heterocycles. The molecule has 5 nitrogen and oxygen atoms in total. The number of nitrogens with one attached hydrogen (secondary N) is 1. The second-order valence-corrected chi connectivity index (χ2v) is 5.39. The number of carbonyl (C=O) groups is 1. The maximum Gasteiger partial charge on any atom is 0.248 e. The minimum absolute atomic E-state index is 0.345. The summed E-state index contributed by atoms with van der Waals surface area (Å²) in [6.45, 7) is 1.66. The number of hydrogen-bond donors (Lipinski definition) is 1. The molecule has 0 aliphatic carbocycles. The molecule has 3 aromatic rings. The van der Waals surface area contributed by atoms with Gasteiger partial charge in [0.1, 0.15) is 23.4 Å². The first-order chi connectivity index (χ1) is 12.0. The lowest BCUT2D eigenvalue weighted by molar-refractivity contribution is -0.119. The van der Waals surface area contributed by atoms with Gasteiger partial charge in [-0.25, -0.2) is 8.78 Å². The predicted molar refractivity (Wildman–Crippen MR) is 88.4 cm³/mol. The van der Waals surface area contributed by atoms with Crippen molar-refractivity contribution in [1.82, 2.24) is 9.78 Å². The molecule has 2 aromatic carbocycles. The van der Waals surface area contributed by atoms with E-state index in [-0.39, 0.29) is 11.7 Å². The maximum absolute atomic E-state index is 13.2. The van der Waals surface area contributed by atoms with Gasteiger partial charge in [-0.1, -0.05) is 6.07 Å². The number of amides is 1. The fraction of sp³-hybridized carbons (Fsp3) is 0.111. The van der Waals surface area contributed by atoms with E-state index in [0.717, 1.165) is 0 Å². The smallest absolute Gasteiger partial charge is 0.248 e. The Labute approximate surface area is 142 Å². The lowest BCUT2D eigenvalue weighted by atomic mass is 10.2. The zero-order valence-electron chi connectivity index (χ0n) is 13.3. The summed E-state index contributed by atoms with van der Waals surface area (Å²) < 4.78 is 33.0. The minimum atomic E-state index is -0.631. The van der Waals surface area contributed by atoms with E-state index < -0.39 is 11.9 Å². The summed E-state index contributed by atoms with van der Waals surface area (Å²) in [6.07, 6.45) is 3.01. The van der Waals surface area contributed by atoms with Crippen LogP contribution < -0.4 is 10.1 Å². The summed E-state index contributed by atoms with van der Waals surface area (Å²) in [6, 6.07) is 10.6. The Hall–Kier alpha value is -3.22. The van der Waals surface area contributed by atoms with Crippen LogP contribution in [-0.2, 0) is 4.79 Å². The highest BCUT2D eigenvalue weighted by Gasteiger charge is 2.17. The topological polar surface area (TPSA) is 56.2 Å². The Morgan fingerprint density at radius 3 is 2.60 bits per heavy atom. The number of halogens is 2.